The van der Waals surface area contributed by atoms with E-state index in [4.69, 9.17) is 4.74 Å². The summed E-state index contributed by atoms with van der Waals surface area (Å²) in [6, 6.07) is 11.7. The monoisotopic (exact) mass is 516 g/mol. The average molecular weight is 517 g/mol. The molecule has 3 heterocycles. The lowest BCUT2D eigenvalue weighted by Gasteiger charge is -2.16. The SMILES string of the molecule is O=C1NCCCC[C@@H]1Nc1nc2ccccc2c2nc(-c3ccc(Br)cc3OC(F)F)nn12. The van der Waals surface area contributed by atoms with E-state index in [0.717, 1.165) is 18.2 Å². The molecular formula is C22H19BrF2N6O2. The third-order valence-corrected chi connectivity index (χ3v) is 5.91. The van der Waals surface area contributed by atoms with Gasteiger partial charge in [-0.1, -0.05) is 28.1 Å². The lowest BCUT2D eigenvalue weighted by molar-refractivity contribution is -0.121. The molecule has 2 aromatic heterocycles. The van der Waals surface area contributed by atoms with Crippen molar-refractivity contribution >= 4 is 44.3 Å². The van der Waals surface area contributed by atoms with Gasteiger partial charge in [0.2, 0.25) is 11.9 Å². The first-order chi connectivity index (χ1) is 16.0. The van der Waals surface area contributed by atoms with Crippen molar-refractivity contribution in [3.63, 3.8) is 0 Å². The Kier molecular flexibility index (Phi) is 5.79. The van der Waals surface area contributed by atoms with Gasteiger partial charge < -0.3 is 15.4 Å². The van der Waals surface area contributed by atoms with Gasteiger partial charge in [-0.15, -0.1) is 5.10 Å². The van der Waals surface area contributed by atoms with Crippen molar-refractivity contribution in [3.8, 4) is 17.1 Å². The number of hydrogen-bond acceptors (Lipinski definition) is 6. The van der Waals surface area contributed by atoms with E-state index in [1.54, 1.807) is 12.1 Å². The fourth-order valence-corrected chi connectivity index (χ4v) is 4.21. The van der Waals surface area contributed by atoms with E-state index < -0.39 is 12.7 Å². The zero-order valence-corrected chi connectivity index (χ0v) is 18.8. The van der Waals surface area contributed by atoms with Gasteiger partial charge in [0, 0.05) is 16.4 Å². The molecule has 11 heteroatoms. The summed E-state index contributed by atoms with van der Waals surface area (Å²) < 4.78 is 32.8. The van der Waals surface area contributed by atoms with Crippen molar-refractivity contribution in [2.24, 2.45) is 0 Å². The number of hydrogen-bond donors (Lipinski definition) is 2. The Hall–Kier alpha value is -3.34. The zero-order chi connectivity index (χ0) is 22.9. The van der Waals surface area contributed by atoms with E-state index in [9.17, 15) is 13.6 Å². The summed E-state index contributed by atoms with van der Waals surface area (Å²) in [5, 5.41) is 11.4. The largest absolute Gasteiger partial charge is 0.434 e. The van der Waals surface area contributed by atoms with Crippen LogP contribution in [0.15, 0.2) is 46.9 Å². The predicted molar refractivity (Wildman–Crippen MR) is 122 cm³/mol. The Labute approximate surface area is 195 Å². The molecule has 2 aromatic carbocycles. The molecule has 0 aliphatic carbocycles. The number of halogens is 3. The molecule has 2 N–H and O–H groups in total. The van der Waals surface area contributed by atoms with Crippen molar-refractivity contribution in [3.05, 3.63) is 46.9 Å². The summed E-state index contributed by atoms with van der Waals surface area (Å²) in [5.41, 5.74) is 1.46. The molecule has 0 radical (unpaired) electrons. The number of ether oxygens (including phenoxy) is 1. The van der Waals surface area contributed by atoms with Gasteiger partial charge in [0.05, 0.1) is 11.1 Å². The number of carbonyl (C=O) groups excluding carboxylic acids is 1. The van der Waals surface area contributed by atoms with Crippen LogP contribution in [-0.2, 0) is 4.79 Å². The van der Waals surface area contributed by atoms with Crippen LogP contribution in [0.5, 0.6) is 5.75 Å². The second-order valence-corrected chi connectivity index (χ2v) is 8.54. The second kappa shape index (κ2) is 8.89. The Bertz CT molecular complexity index is 1350. The van der Waals surface area contributed by atoms with Crippen LogP contribution in [-0.4, -0.2) is 44.7 Å². The fourth-order valence-electron chi connectivity index (χ4n) is 3.87. The van der Waals surface area contributed by atoms with Crippen LogP contribution in [0.1, 0.15) is 19.3 Å². The van der Waals surface area contributed by atoms with Gasteiger partial charge in [-0.3, -0.25) is 4.79 Å². The number of fused-ring (bicyclic) bond motifs is 3. The number of nitrogens with one attached hydrogen (secondary N) is 2. The summed E-state index contributed by atoms with van der Waals surface area (Å²) in [7, 11) is 0. The van der Waals surface area contributed by atoms with Gasteiger partial charge in [-0.2, -0.15) is 13.3 Å². The van der Waals surface area contributed by atoms with Gasteiger partial charge >= 0.3 is 6.61 Å². The number of carbonyl (C=O) groups is 1. The maximum atomic E-state index is 13.0. The van der Waals surface area contributed by atoms with Crippen molar-refractivity contribution < 1.29 is 18.3 Å². The maximum Gasteiger partial charge on any atom is 0.387 e. The molecule has 0 unspecified atom stereocenters. The number of alkyl halides is 2. The smallest absolute Gasteiger partial charge is 0.387 e. The number of amides is 1. The summed E-state index contributed by atoms with van der Waals surface area (Å²) in [4.78, 5) is 21.8. The highest BCUT2D eigenvalue weighted by Crippen LogP contribution is 2.33. The minimum Gasteiger partial charge on any atom is -0.434 e. The summed E-state index contributed by atoms with van der Waals surface area (Å²) in [5.74, 6) is 0.393. The van der Waals surface area contributed by atoms with E-state index >= 15 is 0 Å². The quantitative estimate of drug-likeness (QED) is 0.408. The molecule has 0 saturated carbocycles. The molecular weight excluding hydrogens is 498 g/mol. The molecule has 1 atom stereocenters. The maximum absolute atomic E-state index is 13.0. The molecule has 1 aliphatic rings. The topological polar surface area (TPSA) is 93.4 Å². The molecule has 1 fully saturated rings. The number of nitrogens with zero attached hydrogens (tertiary/aromatic N) is 4. The predicted octanol–water partition coefficient (Wildman–Crippen LogP) is 4.39. The minimum atomic E-state index is -3.00. The van der Waals surface area contributed by atoms with Crippen LogP contribution in [0.4, 0.5) is 14.7 Å². The molecule has 4 aromatic rings. The van der Waals surface area contributed by atoms with Crippen LogP contribution in [0, 0.1) is 0 Å². The second-order valence-electron chi connectivity index (χ2n) is 7.63. The van der Waals surface area contributed by atoms with E-state index in [-0.39, 0.29) is 17.5 Å². The highest BCUT2D eigenvalue weighted by molar-refractivity contribution is 9.10. The first kappa shape index (κ1) is 21.5. The fraction of sp³-hybridized carbons (Fsp3) is 0.273. The highest BCUT2D eigenvalue weighted by atomic mass is 79.9. The minimum absolute atomic E-state index is 0.0507. The number of para-hydroxylation sites is 1. The lowest BCUT2D eigenvalue weighted by atomic mass is 10.1. The number of benzene rings is 2. The van der Waals surface area contributed by atoms with Crippen molar-refractivity contribution in [2.45, 2.75) is 31.9 Å². The van der Waals surface area contributed by atoms with E-state index in [2.05, 4.69) is 41.6 Å². The van der Waals surface area contributed by atoms with Crippen molar-refractivity contribution in [2.75, 3.05) is 11.9 Å². The Balaban J connectivity index is 1.66. The van der Waals surface area contributed by atoms with E-state index in [0.29, 0.717) is 40.1 Å². The molecule has 5 rings (SSSR count). The Morgan fingerprint density at radius 3 is 2.88 bits per heavy atom. The molecule has 1 saturated heterocycles. The molecule has 33 heavy (non-hydrogen) atoms. The van der Waals surface area contributed by atoms with Crippen molar-refractivity contribution in [1.29, 1.82) is 0 Å². The molecule has 1 amide bonds. The van der Waals surface area contributed by atoms with Crippen LogP contribution < -0.4 is 15.4 Å². The average Bonchev–Trinajstić information content (AvgIpc) is 3.13. The van der Waals surface area contributed by atoms with Gasteiger partial charge in [-0.05, 0) is 49.6 Å². The van der Waals surface area contributed by atoms with E-state index in [1.165, 1.54) is 10.6 Å². The third kappa shape index (κ3) is 4.32. The van der Waals surface area contributed by atoms with Gasteiger partial charge in [-0.25, -0.2) is 9.97 Å². The molecule has 170 valence electrons. The highest BCUT2D eigenvalue weighted by Gasteiger charge is 2.24. The first-order valence-electron chi connectivity index (χ1n) is 10.4. The van der Waals surface area contributed by atoms with Crippen molar-refractivity contribution in [1.82, 2.24) is 24.9 Å². The lowest BCUT2D eigenvalue weighted by Crippen LogP contribution is -2.38. The Morgan fingerprint density at radius 2 is 2.03 bits per heavy atom. The summed E-state index contributed by atoms with van der Waals surface area (Å²) in [6.45, 7) is -2.36. The van der Waals surface area contributed by atoms with Gasteiger partial charge in [0.15, 0.2) is 11.5 Å². The number of anilines is 1. The summed E-state index contributed by atoms with van der Waals surface area (Å²) in [6.07, 6.45) is 2.46. The zero-order valence-electron chi connectivity index (χ0n) is 17.3. The van der Waals surface area contributed by atoms with Gasteiger partial charge in [0.25, 0.3) is 0 Å². The molecule has 0 bridgehead atoms. The van der Waals surface area contributed by atoms with Gasteiger partial charge in [0.1, 0.15) is 11.8 Å². The Morgan fingerprint density at radius 1 is 1.18 bits per heavy atom. The number of rotatable bonds is 5. The third-order valence-electron chi connectivity index (χ3n) is 5.42. The molecule has 8 nitrogen and oxygen atoms in total. The van der Waals surface area contributed by atoms with Crippen LogP contribution in [0.25, 0.3) is 27.9 Å². The van der Waals surface area contributed by atoms with Crippen LogP contribution in [0.2, 0.25) is 0 Å². The molecule has 1 aliphatic heterocycles. The first-order valence-corrected chi connectivity index (χ1v) is 11.2. The normalized spacial score (nSPS) is 16.7. The molecule has 0 spiro atoms. The number of aromatic nitrogens is 4. The van der Waals surface area contributed by atoms with Crippen LogP contribution in [0.3, 0.4) is 0 Å². The summed E-state index contributed by atoms with van der Waals surface area (Å²) >= 11 is 3.28. The van der Waals surface area contributed by atoms with Crippen LogP contribution >= 0.6 is 15.9 Å². The van der Waals surface area contributed by atoms with E-state index in [1.807, 2.05) is 24.3 Å². The standard InChI is InChI=1S/C22H19BrF2N6O2/c23-12-8-9-14(17(11-12)33-21(24)25)18-29-19-13-5-1-2-6-15(13)27-22(31(19)30-18)28-16-7-3-4-10-26-20(16)32/h1-2,5-6,8-9,11,16,21H,3-4,7,10H2,(H,26,32)(H,27,28)/t16-/m0/s1.